The van der Waals surface area contributed by atoms with Gasteiger partial charge in [0, 0.05) is 25.2 Å². The lowest BCUT2D eigenvalue weighted by atomic mass is 9.84. The number of furan rings is 1. The average molecular weight is 302 g/mol. The summed E-state index contributed by atoms with van der Waals surface area (Å²) < 4.78 is 5.28. The van der Waals surface area contributed by atoms with E-state index in [2.05, 4.69) is 4.90 Å². The summed E-state index contributed by atoms with van der Waals surface area (Å²) in [6.45, 7) is 6.22. The molecule has 4 nitrogen and oxygen atoms in total. The summed E-state index contributed by atoms with van der Waals surface area (Å²) in [5.74, 6) is 1.84. The standard InChI is InChI=1S/C18H26N2O2/c1-14-16(5-12-22-14)17(21)19-10-7-18(8-11-19)6-2-9-20(18)13-15-3-4-15/h5,12,15H,2-4,6-11,13H2,1H3. The van der Waals surface area contributed by atoms with Crippen LogP contribution in [-0.2, 0) is 0 Å². The number of rotatable bonds is 3. The van der Waals surface area contributed by atoms with Gasteiger partial charge in [0.1, 0.15) is 5.76 Å². The maximum Gasteiger partial charge on any atom is 0.257 e. The molecule has 22 heavy (non-hydrogen) atoms. The lowest BCUT2D eigenvalue weighted by Gasteiger charge is -2.45. The number of hydrogen-bond acceptors (Lipinski definition) is 3. The summed E-state index contributed by atoms with van der Waals surface area (Å²) in [6.07, 6.45) is 9.41. The molecule has 1 spiro atoms. The van der Waals surface area contributed by atoms with Gasteiger partial charge in [-0.2, -0.15) is 0 Å². The predicted octanol–water partition coefficient (Wildman–Crippen LogP) is 3.07. The average Bonchev–Trinajstić information content (AvgIpc) is 3.12. The third kappa shape index (κ3) is 2.47. The molecule has 1 aromatic rings. The highest BCUT2D eigenvalue weighted by Crippen LogP contribution is 2.42. The first kappa shape index (κ1) is 14.3. The van der Waals surface area contributed by atoms with Crippen molar-refractivity contribution < 1.29 is 9.21 Å². The zero-order valence-electron chi connectivity index (χ0n) is 13.5. The highest BCUT2D eigenvalue weighted by Gasteiger charge is 2.45. The summed E-state index contributed by atoms with van der Waals surface area (Å²) >= 11 is 0. The summed E-state index contributed by atoms with van der Waals surface area (Å²) in [6, 6.07) is 1.80. The molecule has 4 rings (SSSR count). The van der Waals surface area contributed by atoms with E-state index in [9.17, 15) is 4.79 Å². The van der Waals surface area contributed by atoms with Gasteiger partial charge in [0.2, 0.25) is 0 Å². The number of aryl methyl sites for hydroxylation is 1. The molecule has 1 saturated carbocycles. The molecular weight excluding hydrogens is 276 g/mol. The largest absolute Gasteiger partial charge is 0.469 e. The van der Waals surface area contributed by atoms with E-state index in [4.69, 9.17) is 4.42 Å². The zero-order valence-corrected chi connectivity index (χ0v) is 13.5. The van der Waals surface area contributed by atoms with Crippen LogP contribution in [0, 0.1) is 12.8 Å². The minimum absolute atomic E-state index is 0.146. The van der Waals surface area contributed by atoms with Crippen molar-refractivity contribution in [3.63, 3.8) is 0 Å². The van der Waals surface area contributed by atoms with Crippen LogP contribution in [0.15, 0.2) is 16.7 Å². The van der Waals surface area contributed by atoms with Crippen molar-refractivity contribution in [1.29, 1.82) is 0 Å². The van der Waals surface area contributed by atoms with Gasteiger partial charge in [-0.25, -0.2) is 0 Å². The number of nitrogens with zero attached hydrogens (tertiary/aromatic N) is 2. The fourth-order valence-electron chi connectivity index (χ4n) is 4.36. The van der Waals surface area contributed by atoms with E-state index in [1.165, 1.54) is 38.8 Å². The first-order valence-electron chi connectivity index (χ1n) is 8.76. The van der Waals surface area contributed by atoms with Crippen LogP contribution in [0.25, 0.3) is 0 Å². The molecule has 1 amide bonds. The van der Waals surface area contributed by atoms with Gasteiger partial charge in [0.25, 0.3) is 5.91 Å². The van der Waals surface area contributed by atoms with Crippen molar-refractivity contribution in [3.05, 3.63) is 23.7 Å². The van der Waals surface area contributed by atoms with Crippen molar-refractivity contribution in [2.75, 3.05) is 26.2 Å². The van der Waals surface area contributed by atoms with Gasteiger partial charge in [0.05, 0.1) is 11.8 Å². The Kier molecular flexibility index (Phi) is 3.52. The number of likely N-dealkylation sites (tertiary alicyclic amines) is 2. The van der Waals surface area contributed by atoms with Crippen LogP contribution >= 0.6 is 0 Å². The Bertz CT molecular complexity index is 553. The van der Waals surface area contributed by atoms with Gasteiger partial charge >= 0.3 is 0 Å². The summed E-state index contributed by atoms with van der Waals surface area (Å²) in [4.78, 5) is 17.4. The zero-order chi connectivity index (χ0) is 15.2. The molecule has 0 atom stereocenters. The van der Waals surface area contributed by atoms with Crippen LogP contribution < -0.4 is 0 Å². The van der Waals surface area contributed by atoms with E-state index in [0.717, 1.165) is 43.2 Å². The van der Waals surface area contributed by atoms with Gasteiger partial charge < -0.3 is 9.32 Å². The molecule has 0 unspecified atom stereocenters. The molecule has 4 heteroatoms. The van der Waals surface area contributed by atoms with Crippen LogP contribution in [0.1, 0.15) is 54.6 Å². The lowest BCUT2D eigenvalue weighted by molar-refractivity contribution is 0.0395. The molecule has 120 valence electrons. The summed E-state index contributed by atoms with van der Waals surface area (Å²) in [7, 11) is 0. The molecule has 0 aromatic carbocycles. The number of amides is 1. The molecule has 1 aromatic heterocycles. The highest BCUT2D eigenvalue weighted by molar-refractivity contribution is 5.95. The molecule has 3 fully saturated rings. The van der Waals surface area contributed by atoms with E-state index >= 15 is 0 Å². The second-order valence-corrected chi connectivity index (χ2v) is 7.40. The van der Waals surface area contributed by atoms with E-state index in [1.807, 2.05) is 11.8 Å². The molecule has 3 heterocycles. The molecular formula is C18H26N2O2. The normalized spacial score (nSPS) is 25.0. The van der Waals surface area contributed by atoms with Crippen LogP contribution in [0.4, 0.5) is 0 Å². The summed E-state index contributed by atoms with van der Waals surface area (Å²) in [5.41, 5.74) is 1.13. The molecule has 3 aliphatic rings. The fourth-order valence-corrected chi connectivity index (χ4v) is 4.36. The topological polar surface area (TPSA) is 36.7 Å². The second kappa shape index (κ2) is 5.41. The second-order valence-electron chi connectivity index (χ2n) is 7.40. The highest BCUT2D eigenvalue weighted by atomic mass is 16.3. The smallest absolute Gasteiger partial charge is 0.257 e. The molecule has 1 aliphatic carbocycles. The third-order valence-electron chi connectivity index (χ3n) is 5.99. The van der Waals surface area contributed by atoms with Gasteiger partial charge in [-0.05, 0) is 64.0 Å². The van der Waals surface area contributed by atoms with Crippen LogP contribution in [0.3, 0.4) is 0 Å². The first-order valence-corrected chi connectivity index (χ1v) is 8.76. The van der Waals surface area contributed by atoms with E-state index in [1.54, 1.807) is 12.3 Å². The van der Waals surface area contributed by atoms with Crippen molar-refractivity contribution >= 4 is 5.91 Å². The monoisotopic (exact) mass is 302 g/mol. The lowest BCUT2D eigenvalue weighted by Crippen LogP contribution is -2.53. The van der Waals surface area contributed by atoms with Crippen molar-refractivity contribution in [3.8, 4) is 0 Å². The van der Waals surface area contributed by atoms with E-state index < -0.39 is 0 Å². The number of carbonyl (C=O) groups excluding carboxylic acids is 1. The maximum atomic E-state index is 12.6. The Labute approximate surface area is 132 Å². The Morgan fingerprint density at radius 1 is 1.27 bits per heavy atom. The minimum atomic E-state index is 0.146. The van der Waals surface area contributed by atoms with Gasteiger partial charge in [-0.3, -0.25) is 9.69 Å². The van der Waals surface area contributed by atoms with Crippen LogP contribution in [-0.4, -0.2) is 47.4 Å². The summed E-state index contributed by atoms with van der Waals surface area (Å²) in [5, 5.41) is 0. The van der Waals surface area contributed by atoms with Crippen LogP contribution in [0.2, 0.25) is 0 Å². The minimum Gasteiger partial charge on any atom is -0.469 e. The van der Waals surface area contributed by atoms with Gasteiger partial charge in [-0.15, -0.1) is 0 Å². The van der Waals surface area contributed by atoms with Crippen molar-refractivity contribution in [2.24, 2.45) is 5.92 Å². The van der Waals surface area contributed by atoms with Gasteiger partial charge in [-0.1, -0.05) is 0 Å². The van der Waals surface area contributed by atoms with E-state index in [-0.39, 0.29) is 5.91 Å². The Morgan fingerprint density at radius 2 is 2.05 bits per heavy atom. The number of piperidine rings is 1. The predicted molar refractivity (Wildman–Crippen MR) is 84.8 cm³/mol. The molecule has 2 aliphatic heterocycles. The molecule has 0 bridgehead atoms. The Morgan fingerprint density at radius 3 is 2.68 bits per heavy atom. The number of carbonyl (C=O) groups is 1. The van der Waals surface area contributed by atoms with E-state index in [0.29, 0.717) is 5.54 Å². The molecule has 2 saturated heterocycles. The molecule has 0 N–H and O–H groups in total. The first-order chi connectivity index (χ1) is 10.7. The number of hydrogen-bond donors (Lipinski definition) is 0. The van der Waals surface area contributed by atoms with Crippen LogP contribution in [0.5, 0.6) is 0 Å². The van der Waals surface area contributed by atoms with Crippen molar-refractivity contribution in [2.45, 2.75) is 51.0 Å². The SMILES string of the molecule is Cc1occc1C(=O)N1CCC2(CCCN2CC2CC2)CC1. The van der Waals surface area contributed by atoms with Crippen molar-refractivity contribution in [1.82, 2.24) is 9.80 Å². The quantitative estimate of drug-likeness (QED) is 0.861. The fraction of sp³-hybridized carbons (Fsp3) is 0.722. The maximum absolute atomic E-state index is 12.6. The Balaban J connectivity index is 1.41. The Hall–Kier alpha value is -1.29. The third-order valence-corrected chi connectivity index (χ3v) is 5.99. The van der Waals surface area contributed by atoms with Gasteiger partial charge in [0.15, 0.2) is 0 Å². The molecule has 0 radical (unpaired) electrons.